The van der Waals surface area contributed by atoms with Gasteiger partial charge in [0.15, 0.2) is 0 Å². The summed E-state index contributed by atoms with van der Waals surface area (Å²) in [5.41, 5.74) is 4.12. The zero-order valence-corrected chi connectivity index (χ0v) is 12.0. The molecule has 0 aliphatic heterocycles. The van der Waals surface area contributed by atoms with E-state index in [1.807, 2.05) is 14.2 Å². The van der Waals surface area contributed by atoms with Crippen LogP contribution in [0.3, 0.4) is 0 Å². The molecular weight excluding hydrogens is 222 g/mol. The van der Waals surface area contributed by atoms with E-state index in [2.05, 4.69) is 37.4 Å². The van der Waals surface area contributed by atoms with Gasteiger partial charge in [0.1, 0.15) is 0 Å². The second kappa shape index (κ2) is 5.41. The lowest BCUT2D eigenvalue weighted by Gasteiger charge is -2.37. The lowest BCUT2D eigenvalue weighted by molar-refractivity contribution is -0.0350. The number of nitrogens with one attached hydrogen (secondary N) is 1. The Morgan fingerprint density at radius 2 is 1.89 bits per heavy atom. The van der Waals surface area contributed by atoms with Crippen molar-refractivity contribution in [2.45, 2.75) is 51.2 Å². The molecule has 100 valence electrons. The second-order valence-electron chi connectivity index (χ2n) is 5.49. The minimum atomic E-state index is -0.0205. The Bertz CT molecular complexity index is 408. The second-order valence-corrected chi connectivity index (χ2v) is 5.49. The first-order chi connectivity index (χ1) is 8.64. The fraction of sp³-hybridized carbons (Fsp3) is 0.625. The Morgan fingerprint density at radius 3 is 2.44 bits per heavy atom. The van der Waals surface area contributed by atoms with Crippen LogP contribution in [0.5, 0.6) is 0 Å². The third-order valence-corrected chi connectivity index (χ3v) is 4.63. The number of hydrogen-bond acceptors (Lipinski definition) is 2. The SMILES string of the molecule is CNC(c1cccc(C)c1C)C1(OC)CCCC1. The first-order valence-corrected chi connectivity index (χ1v) is 6.93. The highest BCUT2D eigenvalue weighted by molar-refractivity contribution is 5.37. The van der Waals surface area contributed by atoms with Gasteiger partial charge in [-0.15, -0.1) is 0 Å². The van der Waals surface area contributed by atoms with E-state index < -0.39 is 0 Å². The number of benzene rings is 1. The van der Waals surface area contributed by atoms with Crippen molar-refractivity contribution in [1.82, 2.24) is 5.32 Å². The fourth-order valence-corrected chi connectivity index (χ4v) is 3.37. The van der Waals surface area contributed by atoms with Gasteiger partial charge in [-0.05, 0) is 50.4 Å². The molecule has 1 aliphatic rings. The van der Waals surface area contributed by atoms with Gasteiger partial charge in [-0.2, -0.15) is 0 Å². The van der Waals surface area contributed by atoms with Gasteiger partial charge in [-0.1, -0.05) is 31.0 Å². The molecule has 2 rings (SSSR count). The lowest BCUT2D eigenvalue weighted by Crippen LogP contribution is -2.42. The molecule has 1 aromatic carbocycles. The van der Waals surface area contributed by atoms with Gasteiger partial charge in [0.25, 0.3) is 0 Å². The van der Waals surface area contributed by atoms with Gasteiger partial charge < -0.3 is 10.1 Å². The number of likely N-dealkylation sites (N-methyl/N-ethyl adjacent to an activating group) is 1. The van der Waals surface area contributed by atoms with Crippen LogP contribution in [-0.2, 0) is 4.74 Å². The van der Waals surface area contributed by atoms with E-state index in [1.165, 1.54) is 29.5 Å². The predicted molar refractivity (Wildman–Crippen MR) is 75.9 cm³/mol. The molecule has 0 spiro atoms. The molecule has 18 heavy (non-hydrogen) atoms. The Hall–Kier alpha value is -0.860. The molecule has 1 saturated carbocycles. The molecule has 1 aliphatic carbocycles. The molecule has 1 unspecified atom stereocenters. The summed E-state index contributed by atoms with van der Waals surface area (Å²) in [6.45, 7) is 4.40. The van der Waals surface area contributed by atoms with Crippen LogP contribution in [0, 0.1) is 13.8 Å². The largest absolute Gasteiger partial charge is 0.376 e. The van der Waals surface area contributed by atoms with Crippen molar-refractivity contribution in [3.8, 4) is 0 Å². The molecular formula is C16H25NO. The van der Waals surface area contributed by atoms with E-state index in [0.29, 0.717) is 6.04 Å². The van der Waals surface area contributed by atoms with Gasteiger partial charge in [-0.3, -0.25) is 0 Å². The average molecular weight is 247 g/mol. The highest BCUT2D eigenvalue weighted by atomic mass is 16.5. The normalized spacial score (nSPS) is 20.0. The molecule has 0 bridgehead atoms. The van der Waals surface area contributed by atoms with Gasteiger partial charge >= 0.3 is 0 Å². The van der Waals surface area contributed by atoms with Gasteiger partial charge in [0, 0.05) is 7.11 Å². The highest BCUT2D eigenvalue weighted by Crippen LogP contribution is 2.43. The monoisotopic (exact) mass is 247 g/mol. The first kappa shape index (κ1) is 13.6. The van der Waals surface area contributed by atoms with E-state index in [9.17, 15) is 0 Å². The summed E-state index contributed by atoms with van der Waals surface area (Å²) >= 11 is 0. The molecule has 0 aromatic heterocycles. The van der Waals surface area contributed by atoms with Crippen molar-refractivity contribution in [3.05, 3.63) is 34.9 Å². The summed E-state index contributed by atoms with van der Waals surface area (Å²) in [5, 5.41) is 3.50. The van der Waals surface area contributed by atoms with Crippen LogP contribution < -0.4 is 5.32 Å². The predicted octanol–water partition coefficient (Wildman–Crippen LogP) is 3.52. The fourth-order valence-electron chi connectivity index (χ4n) is 3.37. The minimum Gasteiger partial charge on any atom is -0.376 e. The number of rotatable bonds is 4. The molecule has 0 amide bonds. The van der Waals surface area contributed by atoms with Gasteiger partial charge in [-0.25, -0.2) is 0 Å². The van der Waals surface area contributed by atoms with Crippen LogP contribution in [0.4, 0.5) is 0 Å². The Labute approximate surface area is 111 Å². The summed E-state index contributed by atoms with van der Waals surface area (Å²) in [6.07, 6.45) is 4.86. The van der Waals surface area contributed by atoms with Crippen molar-refractivity contribution in [1.29, 1.82) is 0 Å². The average Bonchev–Trinajstić information content (AvgIpc) is 2.85. The zero-order chi connectivity index (χ0) is 13.2. The van der Waals surface area contributed by atoms with Crippen molar-refractivity contribution >= 4 is 0 Å². The summed E-state index contributed by atoms with van der Waals surface area (Å²) in [6, 6.07) is 6.87. The molecule has 1 N–H and O–H groups in total. The number of methoxy groups -OCH3 is 1. The van der Waals surface area contributed by atoms with Crippen molar-refractivity contribution in [2.24, 2.45) is 0 Å². The Morgan fingerprint density at radius 1 is 1.22 bits per heavy atom. The van der Waals surface area contributed by atoms with E-state index in [0.717, 1.165) is 12.8 Å². The van der Waals surface area contributed by atoms with Crippen LogP contribution >= 0.6 is 0 Å². The van der Waals surface area contributed by atoms with E-state index >= 15 is 0 Å². The zero-order valence-electron chi connectivity index (χ0n) is 12.0. The first-order valence-electron chi connectivity index (χ1n) is 6.93. The smallest absolute Gasteiger partial charge is 0.0872 e. The van der Waals surface area contributed by atoms with Crippen molar-refractivity contribution < 1.29 is 4.74 Å². The van der Waals surface area contributed by atoms with Gasteiger partial charge in [0.2, 0.25) is 0 Å². The van der Waals surface area contributed by atoms with Crippen molar-refractivity contribution in [3.63, 3.8) is 0 Å². The van der Waals surface area contributed by atoms with Crippen LogP contribution in [-0.4, -0.2) is 19.8 Å². The third-order valence-electron chi connectivity index (χ3n) is 4.63. The molecule has 1 atom stereocenters. The molecule has 2 heteroatoms. The molecule has 0 saturated heterocycles. The van der Waals surface area contributed by atoms with E-state index in [4.69, 9.17) is 4.74 Å². The van der Waals surface area contributed by atoms with Crippen LogP contribution in [0.25, 0.3) is 0 Å². The van der Waals surface area contributed by atoms with Gasteiger partial charge in [0.05, 0.1) is 11.6 Å². The summed E-state index contributed by atoms with van der Waals surface area (Å²) < 4.78 is 5.94. The number of hydrogen-bond donors (Lipinski definition) is 1. The molecule has 1 aromatic rings. The third kappa shape index (κ3) is 2.19. The minimum absolute atomic E-state index is 0.0205. The quantitative estimate of drug-likeness (QED) is 0.879. The summed E-state index contributed by atoms with van der Waals surface area (Å²) in [5.74, 6) is 0. The Balaban J connectivity index is 2.41. The van der Waals surface area contributed by atoms with Crippen LogP contribution in [0.15, 0.2) is 18.2 Å². The topological polar surface area (TPSA) is 21.3 Å². The molecule has 0 radical (unpaired) electrons. The van der Waals surface area contributed by atoms with Crippen molar-refractivity contribution in [2.75, 3.05) is 14.2 Å². The summed E-state index contributed by atoms with van der Waals surface area (Å²) in [7, 11) is 3.91. The maximum Gasteiger partial charge on any atom is 0.0872 e. The Kier molecular flexibility index (Phi) is 4.08. The van der Waals surface area contributed by atoms with E-state index in [1.54, 1.807) is 0 Å². The molecule has 1 fully saturated rings. The maximum absolute atomic E-state index is 5.94. The maximum atomic E-state index is 5.94. The summed E-state index contributed by atoms with van der Waals surface area (Å²) in [4.78, 5) is 0. The number of ether oxygens (including phenoxy) is 1. The lowest BCUT2D eigenvalue weighted by atomic mass is 9.84. The molecule has 0 heterocycles. The highest BCUT2D eigenvalue weighted by Gasteiger charge is 2.42. The van der Waals surface area contributed by atoms with E-state index in [-0.39, 0.29) is 5.60 Å². The van der Waals surface area contributed by atoms with Crippen LogP contribution in [0.1, 0.15) is 48.4 Å². The molecule has 2 nitrogen and oxygen atoms in total. The van der Waals surface area contributed by atoms with Crippen LogP contribution in [0.2, 0.25) is 0 Å². The standard InChI is InChI=1S/C16H25NO/c1-12-8-7-9-14(13(12)2)15(17-3)16(18-4)10-5-6-11-16/h7-9,15,17H,5-6,10-11H2,1-4H3. The number of aryl methyl sites for hydroxylation is 1.